The van der Waals surface area contributed by atoms with Gasteiger partial charge < -0.3 is 10.3 Å². The average Bonchev–Trinajstić information content (AvgIpc) is 3.05. The van der Waals surface area contributed by atoms with Crippen LogP contribution in [0.15, 0.2) is 34.7 Å². The largest absolute Gasteiger partial charge is 0.308 e. The Morgan fingerprint density at radius 2 is 2.42 bits per heavy atom. The molecule has 3 aromatic heterocycles. The maximum atomic E-state index is 11.8. The van der Waals surface area contributed by atoms with E-state index in [9.17, 15) is 4.79 Å². The highest BCUT2D eigenvalue weighted by molar-refractivity contribution is 7.17. The first kappa shape index (κ1) is 12.1. The molecule has 7 heteroatoms. The van der Waals surface area contributed by atoms with Gasteiger partial charge in [0.2, 0.25) is 0 Å². The lowest BCUT2D eigenvalue weighted by Gasteiger charge is -2.04. The van der Waals surface area contributed by atoms with Gasteiger partial charge in [-0.15, -0.1) is 11.3 Å². The number of nitrogens with zero attached hydrogens (tertiary/aromatic N) is 3. The zero-order valence-corrected chi connectivity index (χ0v) is 11.0. The van der Waals surface area contributed by atoms with Crippen molar-refractivity contribution in [3.8, 4) is 0 Å². The van der Waals surface area contributed by atoms with Crippen molar-refractivity contribution in [2.75, 3.05) is 6.54 Å². The molecule has 0 spiro atoms. The summed E-state index contributed by atoms with van der Waals surface area (Å²) in [5.41, 5.74) is 0.696. The fourth-order valence-electron chi connectivity index (χ4n) is 1.84. The lowest BCUT2D eigenvalue weighted by Crippen LogP contribution is -2.22. The van der Waals surface area contributed by atoms with Gasteiger partial charge in [-0.25, -0.2) is 4.98 Å². The molecular formula is C12H13N5OS. The molecule has 2 N–H and O–H groups in total. The van der Waals surface area contributed by atoms with Gasteiger partial charge in [-0.2, -0.15) is 5.10 Å². The third kappa shape index (κ3) is 2.72. The molecule has 0 saturated heterocycles. The molecule has 0 aliphatic rings. The Hall–Kier alpha value is -1.99. The van der Waals surface area contributed by atoms with Crippen molar-refractivity contribution in [1.82, 2.24) is 25.1 Å². The summed E-state index contributed by atoms with van der Waals surface area (Å²) in [5.74, 6) is 0.663. The number of rotatable bonds is 5. The Balaban J connectivity index is 1.60. The van der Waals surface area contributed by atoms with Crippen LogP contribution in [0.2, 0.25) is 0 Å². The SMILES string of the molecule is O=c1[nH]c(CNCCn2cccn2)nc2ccsc12. The Labute approximate surface area is 113 Å². The second-order valence-electron chi connectivity index (χ2n) is 4.09. The van der Waals surface area contributed by atoms with Crippen molar-refractivity contribution in [2.45, 2.75) is 13.1 Å². The summed E-state index contributed by atoms with van der Waals surface area (Å²) in [6.45, 7) is 2.10. The van der Waals surface area contributed by atoms with Crippen molar-refractivity contribution in [1.29, 1.82) is 0 Å². The minimum atomic E-state index is -0.0659. The fourth-order valence-corrected chi connectivity index (χ4v) is 2.56. The van der Waals surface area contributed by atoms with Crippen molar-refractivity contribution >= 4 is 21.6 Å². The molecule has 0 aliphatic heterocycles. The van der Waals surface area contributed by atoms with Gasteiger partial charge >= 0.3 is 0 Å². The zero-order valence-electron chi connectivity index (χ0n) is 10.2. The fraction of sp³-hybridized carbons (Fsp3) is 0.250. The maximum Gasteiger partial charge on any atom is 0.268 e. The number of hydrogen-bond acceptors (Lipinski definition) is 5. The van der Waals surface area contributed by atoms with Crippen LogP contribution in [-0.2, 0) is 13.1 Å². The van der Waals surface area contributed by atoms with Crippen molar-refractivity contribution in [3.05, 3.63) is 46.1 Å². The molecule has 3 heterocycles. The van der Waals surface area contributed by atoms with E-state index < -0.39 is 0 Å². The van der Waals surface area contributed by atoms with E-state index in [1.807, 2.05) is 28.4 Å². The van der Waals surface area contributed by atoms with Gasteiger partial charge in [0.1, 0.15) is 10.5 Å². The van der Waals surface area contributed by atoms with Gasteiger partial charge in [0.15, 0.2) is 0 Å². The Kier molecular flexibility index (Phi) is 3.39. The smallest absolute Gasteiger partial charge is 0.268 e. The van der Waals surface area contributed by atoms with E-state index >= 15 is 0 Å². The van der Waals surface area contributed by atoms with Crippen LogP contribution in [0, 0.1) is 0 Å². The van der Waals surface area contributed by atoms with Crippen molar-refractivity contribution in [3.63, 3.8) is 0 Å². The topological polar surface area (TPSA) is 75.6 Å². The molecule has 0 unspecified atom stereocenters. The number of aromatic nitrogens is 4. The van der Waals surface area contributed by atoms with Crippen LogP contribution in [0.25, 0.3) is 10.2 Å². The maximum absolute atomic E-state index is 11.8. The Morgan fingerprint density at radius 1 is 1.47 bits per heavy atom. The molecule has 0 aromatic carbocycles. The monoisotopic (exact) mass is 275 g/mol. The first-order valence-corrected chi connectivity index (χ1v) is 6.85. The Bertz CT molecular complexity index is 715. The molecule has 0 atom stereocenters. The highest BCUT2D eigenvalue weighted by Crippen LogP contribution is 2.13. The summed E-state index contributed by atoms with van der Waals surface area (Å²) < 4.78 is 2.53. The second kappa shape index (κ2) is 5.33. The van der Waals surface area contributed by atoms with Crippen LogP contribution < -0.4 is 10.9 Å². The standard InChI is InChI=1S/C12H13N5OS/c18-12-11-9(2-7-19-11)15-10(16-12)8-13-4-6-17-5-1-3-14-17/h1-3,5,7,13H,4,6,8H2,(H,15,16,18). The van der Waals surface area contributed by atoms with Gasteiger partial charge in [0.25, 0.3) is 5.56 Å². The minimum Gasteiger partial charge on any atom is -0.308 e. The van der Waals surface area contributed by atoms with Crippen LogP contribution >= 0.6 is 11.3 Å². The average molecular weight is 275 g/mol. The summed E-state index contributed by atoms with van der Waals surface area (Å²) in [6.07, 6.45) is 3.67. The van der Waals surface area contributed by atoms with E-state index in [1.165, 1.54) is 11.3 Å². The molecule has 0 saturated carbocycles. The first-order valence-electron chi connectivity index (χ1n) is 5.97. The van der Waals surface area contributed by atoms with Crippen LogP contribution in [0.5, 0.6) is 0 Å². The molecule has 0 fully saturated rings. The highest BCUT2D eigenvalue weighted by Gasteiger charge is 2.04. The van der Waals surface area contributed by atoms with Gasteiger partial charge in [-0.05, 0) is 17.5 Å². The molecule has 0 bridgehead atoms. The second-order valence-corrected chi connectivity index (χ2v) is 5.01. The van der Waals surface area contributed by atoms with Crippen LogP contribution in [0.4, 0.5) is 0 Å². The predicted octanol–water partition coefficient (Wildman–Crippen LogP) is 0.971. The molecular weight excluding hydrogens is 262 g/mol. The molecule has 0 amide bonds. The van der Waals surface area contributed by atoms with Gasteiger partial charge in [-0.3, -0.25) is 9.48 Å². The molecule has 0 radical (unpaired) electrons. The third-order valence-corrected chi connectivity index (χ3v) is 3.64. The third-order valence-electron chi connectivity index (χ3n) is 2.73. The summed E-state index contributed by atoms with van der Waals surface area (Å²) in [7, 11) is 0. The lowest BCUT2D eigenvalue weighted by atomic mass is 10.4. The zero-order chi connectivity index (χ0) is 13.1. The number of H-pyrrole nitrogens is 1. The number of nitrogens with one attached hydrogen (secondary N) is 2. The quantitative estimate of drug-likeness (QED) is 0.680. The van der Waals surface area contributed by atoms with E-state index in [0.717, 1.165) is 18.6 Å². The predicted molar refractivity (Wildman–Crippen MR) is 74.2 cm³/mol. The first-order chi connectivity index (χ1) is 9.33. The van der Waals surface area contributed by atoms with Gasteiger partial charge in [0.05, 0.1) is 18.6 Å². The highest BCUT2D eigenvalue weighted by atomic mass is 32.1. The van der Waals surface area contributed by atoms with E-state index in [4.69, 9.17) is 0 Å². The number of thiophene rings is 1. The van der Waals surface area contributed by atoms with Crippen LogP contribution in [-0.4, -0.2) is 26.3 Å². The number of hydrogen-bond donors (Lipinski definition) is 2. The van der Waals surface area contributed by atoms with Crippen LogP contribution in [0.3, 0.4) is 0 Å². The summed E-state index contributed by atoms with van der Waals surface area (Å²) in [6, 6.07) is 3.76. The Morgan fingerprint density at radius 3 is 3.26 bits per heavy atom. The number of aromatic amines is 1. The van der Waals surface area contributed by atoms with Crippen LogP contribution in [0.1, 0.15) is 5.82 Å². The summed E-state index contributed by atoms with van der Waals surface area (Å²) in [5, 5.41) is 9.22. The molecule has 19 heavy (non-hydrogen) atoms. The molecule has 98 valence electrons. The summed E-state index contributed by atoms with van der Waals surface area (Å²) >= 11 is 1.41. The lowest BCUT2D eigenvalue weighted by molar-refractivity contribution is 0.547. The van der Waals surface area contributed by atoms with E-state index in [1.54, 1.807) is 6.20 Å². The summed E-state index contributed by atoms with van der Waals surface area (Å²) in [4.78, 5) is 18.9. The minimum absolute atomic E-state index is 0.0659. The normalized spacial score (nSPS) is 11.2. The van der Waals surface area contributed by atoms with Gasteiger partial charge in [-0.1, -0.05) is 0 Å². The van der Waals surface area contributed by atoms with Gasteiger partial charge in [0, 0.05) is 18.9 Å². The van der Waals surface area contributed by atoms with E-state index in [-0.39, 0.29) is 5.56 Å². The molecule has 6 nitrogen and oxygen atoms in total. The van der Waals surface area contributed by atoms with E-state index in [2.05, 4.69) is 20.4 Å². The van der Waals surface area contributed by atoms with Crippen molar-refractivity contribution < 1.29 is 0 Å². The number of fused-ring (bicyclic) bond motifs is 1. The molecule has 3 aromatic rings. The molecule has 0 aliphatic carbocycles. The molecule has 3 rings (SSSR count). The van der Waals surface area contributed by atoms with Crippen molar-refractivity contribution in [2.24, 2.45) is 0 Å². The van der Waals surface area contributed by atoms with E-state index in [0.29, 0.717) is 17.1 Å².